The molecule has 6 nitrogen and oxygen atoms in total. The van der Waals surface area contributed by atoms with Crippen LogP contribution in [0.15, 0.2) is 47.3 Å². The van der Waals surface area contributed by atoms with Gasteiger partial charge in [0.25, 0.3) is 11.5 Å². The summed E-state index contributed by atoms with van der Waals surface area (Å²) in [6.07, 6.45) is 0. The molecular weight excluding hydrogens is 392 g/mol. The Morgan fingerprint density at radius 2 is 1.77 bits per heavy atom. The third-order valence-electron chi connectivity index (χ3n) is 4.67. The summed E-state index contributed by atoms with van der Waals surface area (Å²) in [5.74, 6) is -1.49. The van der Waals surface area contributed by atoms with Gasteiger partial charge in [0.15, 0.2) is 0 Å². The quantitative estimate of drug-likeness (QED) is 0.658. The average molecular weight is 413 g/mol. The number of ether oxygens (including phenoxy) is 1. The van der Waals surface area contributed by atoms with Gasteiger partial charge in [0.05, 0.1) is 5.69 Å². The first kappa shape index (κ1) is 21.0. The van der Waals surface area contributed by atoms with Crippen molar-refractivity contribution in [3.63, 3.8) is 0 Å². The number of nitrogens with zero attached hydrogens (tertiary/aromatic N) is 1. The van der Waals surface area contributed by atoms with E-state index in [1.54, 1.807) is 13.0 Å². The van der Waals surface area contributed by atoms with Crippen LogP contribution in [0, 0.1) is 25.5 Å². The highest BCUT2D eigenvalue weighted by Crippen LogP contribution is 2.33. The van der Waals surface area contributed by atoms with E-state index < -0.39 is 23.1 Å². The van der Waals surface area contributed by atoms with E-state index in [-0.39, 0.29) is 34.1 Å². The van der Waals surface area contributed by atoms with Crippen molar-refractivity contribution in [1.29, 1.82) is 0 Å². The number of hydrogen-bond acceptors (Lipinski definition) is 4. The van der Waals surface area contributed by atoms with Gasteiger partial charge >= 0.3 is 0 Å². The Kier molecular flexibility index (Phi) is 5.86. The van der Waals surface area contributed by atoms with Crippen LogP contribution in [0.4, 0.5) is 20.3 Å². The lowest BCUT2D eigenvalue weighted by atomic mass is 10.1. The number of benzene rings is 2. The van der Waals surface area contributed by atoms with E-state index in [0.29, 0.717) is 0 Å². The number of hydrogen-bond donors (Lipinski definition) is 2. The third kappa shape index (κ3) is 4.03. The summed E-state index contributed by atoms with van der Waals surface area (Å²) >= 11 is 0. The molecule has 1 heterocycles. The van der Waals surface area contributed by atoms with Crippen LogP contribution in [-0.2, 0) is 7.05 Å². The molecule has 2 aromatic carbocycles. The minimum atomic E-state index is -0.565. The molecule has 0 aliphatic carbocycles. The third-order valence-corrected chi connectivity index (χ3v) is 4.67. The van der Waals surface area contributed by atoms with Crippen LogP contribution in [0.1, 0.15) is 21.5 Å². The van der Waals surface area contributed by atoms with Crippen LogP contribution in [0.3, 0.4) is 0 Å². The van der Waals surface area contributed by atoms with E-state index in [1.165, 1.54) is 55.9 Å². The highest BCUT2D eigenvalue weighted by atomic mass is 19.1. The molecule has 0 saturated heterocycles. The number of aryl methyl sites for hydroxylation is 1. The highest BCUT2D eigenvalue weighted by Gasteiger charge is 2.23. The number of nitrogens with one attached hydrogen (secondary N) is 2. The molecule has 3 rings (SSSR count). The van der Waals surface area contributed by atoms with Crippen LogP contribution >= 0.6 is 0 Å². The molecule has 0 aliphatic heterocycles. The van der Waals surface area contributed by atoms with Gasteiger partial charge in [0, 0.05) is 25.7 Å². The van der Waals surface area contributed by atoms with Gasteiger partial charge in [0.1, 0.15) is 34.5 Å². The van der Waals surface area contributed by atoms with Crippen LogP contribution < -0.4 is 20.9 Å². The minimum absolute atomic E-state index is 0.0248. The lowest BCUT2D eigenvalue weighted by Gasteiger charge is -2.19. The maximum Gasteiger partial charge on any atom is 0.258 e. The second kappa shape index (κ2) is 8.36. The van der Waals surface area contributed by atoms with Gasteiger partial charge in [0.2, 0.25) is 0 Å². The maximum absolute atomic E-state index is 14.4. The normalized spacial score (nSPS) is 10.6. The van der Waals surface area contributed by atoms with Gasteiger partial charge < -0.3 is 15.4 Å². The van der Waals surface area contributed by atoms with E-state index in [0.717, 1.165) is 11.6 Å². The van der Waals surface area contributed by atoms with Crippen molar-refractivity contribution in [2.24, 2.45) is 7.05 Å². The molecule has 0 radical (unpaired) electrons. The lowest BCUT2D eigenvalue weighted by Crippen LogP contribution is -2.27. The van der Waals surface area contributed by atoms with Gasteiger partial charge in [-0.25, -0.2) is 8.78 Å². The van der Waals surface area contributed by atoms with Gasteiger partial charge in [-0.2, -0.15) is 0 Å². The molecule has 1 amide bonds. The Morgan fingerprint density at radius 1 is 1.03 bits per heavy atom. The average Bonchev–Trinajstić information content (AvgIpc) is 2.70. The van der Waals surface area contributed by atoms with Crippen molar-refractivity contribution in [1.82, 2.24) is 9.88 Å². The number of carbonyl (C=O) groups is 1. The van der Waals surface area contributed by atoms with Crippen LogP contribution in [0.5, 0.6) is 11.5 Å². The molecule has 0 atom stereocenters. The molecule has 0 unspecified atom stereocenters. The van der Waals surface area contributed by atoms with Crippen LogP contribution in [0.25, 0.3) is 0 Å². The minimum Gasteiger partial charge on any atom is -0.456 e. The number of aromatic nitrogens is 1. The summed E-state index contributed by atoms with van der Waals surface area (Å²) in [5, 5.41) is 5.31. The summed E-state index contributed by atoms with van der Waals surface area (Å²) in [7, 11) is 2.86. The summed E-state index contributed by atoms with van der Waals surface area (Å²) < 4.78 is 35.3. The standard InChI is InChI=1S/C22H21F2N3O3/c1-12-8-9-16(15(24)10-12)26-21-20(22(29)25-3)18(11-19(28)27(21)4)30-17-7-5-6-14(23)13(17)2/h5-11,26H,1-4H3,(H,25,29). The number of carbonyl (C=O) groups excluding carboxylic acids is 1. The molecule has 0 fully saturated rings. The summed E-state index contributed by atoms with van der Waals surface area (Å²) in [6.45, 7) is 3.26. The Labute approximate surface area is 172 Å². The van der Waals surface area contributed by atoms with Crippen molar-refractivity contribution in [2.75, 3.05) is 12.4 Å². The number of rotatable bonds is 5. The Morgan fingerprint density at radius 3 is 2.43 bits per heavy atom. The second-order valence-corrected chi connectivity index (χ2v) is 6.78. The topological polar surface area (TPSA) is 72.4 Å². The summed E-state index contributed by atoms with van der Waals surface area (Å²) in [4.78, 5) is 25.2. The fourth-order valence-corrected chi connectivity index (χ4v) is 2.91. The van der Waals surface area contributed by atoms with E-state index in [9.17, 15) is 18.4 Å². The number of anilines is 2. The molecule has 0 saturated carbocycles. The van der Waals surface area contributed by atoms with Crippen LogP contribution in [-0.4, -0.2) is 17.5 Å². The zero-order valence-corrected chi connectivity index (χ0v) is 17.0. The predicted molar refractivity (Wildman–Crippen MR) is 111 cm³/mol. The Balaban J connectivity index is 2.19. The zero-order valence-electron chi connectivity index (χ0n) is 17.0. The predicted octanol–water partition coefficient (Wildman–Crippen LogP) is 4.18. The molecule has 3 aromatic rings. The molecule has 0 aliphatic rings. The van der Waals surface area contributed by atoms with E-state index in [4.69, 9.17) is 4.74 Å². The SMILES string of the molecule is CNC(=O)c1c(Oc2cccc(F)c2C)cc(=O)n(C)c1Nc1ccc(C)cc1F. The molecule has 8 heteroatoms. The molecule has 156 valence electrons. The first-order valence-corrected chi connectivity index (χ1v) is 9.15. The molecule has 1 aromatic heterocycles. The van der Waals surface area contributed by atoms with Gasteiger partial charge in [-0.05, 0) is 43.7 Å². The fraction of sp³-hybridized carbons (Fsp3) is 0.182. The molecule has 0 spiro atoms. The molecule has 2 N–H and O–H groups in total. The Hall–Kier alpha value is -3.68. The summed E-state index contributed by atoms with van der Waals surface area (Å²) in [6, 6.07) is 9.92. The van der Waals surface area contributed by atoms with Crippen molar-refractivity contribution in [2.45, 2.75) is 13.8 Å². The van der Waals surface area contributed by atoms with E-state index >= 15 is 0 Å². The first-order chi connectivity index (χ1) is 14.2. The zero-order chi connectivity index (χ0) is 22.0. The number of halogens is 2. The first-order valence-electron chi connectivity index (χ1n) is 9.15. The van der Waals surface area contributed by atoms with E-state index in [2.05, 4.69) is 10.6 Å². The smallest absolute Gasteiger partial charge is 0.258 e. The van der Waals surface area contributed by atoms with Crippen molar-refractivity contribution >= 4 is 17.4 Å². The van der Waals surface area contributed by atoms with Crippen molar-refractivity contribution in [3.8, 4) is 11.5 Å². The van der Waals surface area contributed by atoms with Crippen LogP contribution in [0.2, 0.25) is 0 Å². The van der Waals surface area contributed by atoms with Crippen molar-refractivity contribution < 1.29 is 18.3 Å². The second-order valence-electron chi connectivity index (χ2n) is 6.78. The lowest BCUT2D eigenvalue weighted by molar-refractivity contribution is 0.0961. The molecule has 30 heavy (non-hydrogen) atoms. The molecular formula is C22H21F2N3O3. The Bertz CT molecular complexity index is 1190. The largest absolute Gasteiger partial charge is 0.456 e. The summed E-state index contributed by atoms with van der Waals surface area (Å²) in [5.41, 5.74) is 0.502. The fourth-order valence-electron chi connectivity index (χ4n) is 2.91. The number of amides is 1. The maximum atomic E-state index is 14.4. The highest BCUT2D eigenvalue weighted by molar-refractivity contribution is 6.02. The van der Waals surface area contributed by atoms with Gasteiger partial charge in [-0.1, -0.05) is 12.1 Å². The van der Waals surface area contributed by atoms with Gasteiger partial charge in [-0.3, -0.25) is 14.2 Å². The monoisotopic (exact) mass is 413 g/mol. The van der Waals surface area contributed by atoms with E-state index in [1.807, 2.05) is 0 Å². The molecule has 0 bridgehead atoms. The number of pyridine rings is 1. The van der Waals surface area contributed by atoms with Gasteiger partial charge in [-0.15, -0.1) is 0 Å². The van der Waals surface area contributed by atoms with Crippen molar-refractivity contribution in [3.05, 3.63) is 81.1 Å².